The van der Waals surface area contributed by atoms with E-state index < -0.39 is 11.5 Å². The Kier molecular flexibility index (Phi) is 5.76. The number of carbonyl (C=O) groups is 1. The van der Waals surface area contributed by atoms with Gasteiger partial charge in [0.1, 0.15) is 0 Å². The van der Waals surface area contributed by atoms with E-state index in [1.54, 1.807) is 18.7 Å². The zero-order valence-corrected chi connectivity index (χ0v) is 11.3. The molecule has 0 spiro atoms. The quantitative estimate of drug-likeness (QED) is 0.423. The number of thioether (sulfide) groups is 1. The molecule has 1 atom stereocenters. The predicted molar refractivity (Wildman–Crippen MR) is 65.4 cm³/mol. The van der Waals surface area contributed by atoms with Crippen LogP contribution < -0.4 is 0 Å². The number of hydrogen-bond donors (Lipinski definition) is 0. The van der Waals surface area contributed by atoms with E-state index in [2.05, 4.69) is 4.99 Å². The number of hydrogen-bond acceptors (Lipinski definition) is 5. The highest BCUT2D eigenvalue weighted by molar-refractivity contribution is 8.00. The van der Waals surface area contributed by atoms with Gasteiger partial charge in [-0.3, -0.25) is 0 Å². The van der Waals surface area contributed by atoms with Crippen LogP contribution in [0.5, 0.6) is 0 Å². The van der Waals surface area contributed by atoms with Gasteiger partial charge in [0.05, 0.1) is 7.11 Å². The van der Waals surface area contributed by atoms with Gasteiger partial charge in [-0.2, -0.15) is 16.8 Å². The Bertz CT molecular complexity index is 292. The van der Waals surface area contributed by atoms with Crippen molar-refractivity contribution in [3.8, 4) is 0 Å². The van der Waals surface area contributed by atoms with Gasteiger partial charge in [0.2, 0.25) is 6.08 Å². The first-order chi connectivity index (χ1) is 7.31. The third-order valence-electron chi connectivity index (χ3n) is 2.15. The van der Waals surface area contributed by atoms with Gasteiger partial charge < -0.3 is 4.74 Å². The highest BCUT2D eigenvalue weighted by Gasteiger charge is 2.39. The van der Waals surface area contributed by atoms with Gasteiger partial charge in [-0.15, -0.1) is 0 Å². The number of esters is 1. The third-order valence-corrected chi connectivity index (χ3v) is 3.64. The summed E-state index contributed by atoms with van der Waals surface area (Å²) in [4.78, 5) is 25.7. The van der Waals surface area contributed by atoms with Crippen molar-refractivity contribution in [2.75, 3.05) is 12.9 Å². The Balaban J connectivity index is 4.92. The largest absolute Gasteiger partial charge is 0.467 e. The molecule has 92 valence electrons. The minimum atomic E-state index is -1.09. The molecular formula is C11H19NO3S. The van der Waals surface area contributed by atoms with Crippen molar-refractivity contribution in [3.05, 3.63) is 0 Å². The fraction of sp³-hybridized carbons (Fsp3) is 0.818. The van der Waals surface area contributed by atoms with Crippen LogP contribution in [0, 0.1) is 0 Å². The summed E-state index contributed by atoms with van der Waals surface area (Å²) in [5.41, 5.74) is -1.09. The number of rotatable bonds is 5. The molecule has 16 heavy (non-hydrogen) atoms. The average molecular weight is 245 g/mol. The highest BCUT2D eigenvalue weighted by atomic mass is 32.2. The molecule has 0 aliphatic heterocycles. The molecule has 0 saturated heterocycles. The van der Waals surface area contributed by atoms with Crippen LogP contribution in [0.15, 0.2) is 4.99 Å². The van der Waals surface area contributed by atoms with Crippen molar-refractivity contribution in [1.29, 1.82) is 0 Å². The molecule has 0 aromatic carbocycles. The minimum Gasteiger partial charge on any atom is -0.467 e. The molecule has 0 aromatic rings. The topological polar surface area (TPSA) is 55.7 Å². The van der Waals surface area contributed by atoms with E-state index in [1.165, 1.54) is 13.2 Å². The SMILES string of the molecule is CC[C@](CSC(C)(C)C)(N=C=O)C(=O)OC. The van der Waals surface area contributed by atoms with Gasteiger partial charge in [-0.1, -0.05) is 27.7 Å². The van der Waals surface area contributed by atoms with Crippen molar-refractivity contribution in [1.82, 2.24) is 0 Å². The summed E-state index contributed by atoms with van der Waals surface area (Å²) in [6, 6.07) is 0. The van der Waals surface area contributed by atoms with Gasteiger partial charge in [0.25, 0.3) is 0 Å². The van der Waals surface area contributed by atoms with Crippen LogP contribution in [0.1, 0.15) is 34.1 Å². The Morgan fingerprint density at radius 3 is 2.31 bits per heavy atom. The molecule has 4 nitrogen and oxygen atoms in total. The Morgan fingerprint density at radius 1 is 1.44 bits per heavy atom. The lowest BCUT2D eigenvalue weighted by Gasteiger charge is -2.27. The van der Waals surface area contributed by atoms with E-state index in [1.807, 2.05) is 20.8 Å². The molecule has 0 unspecified atom stereocenters. The summed E-state index contributed by atoms with van der Waals surface area (Å²) in [7, 11) is 1.30. The minimum absolute atomic E-state index is 0.00679. The molecule has 0 rings (SSSR count). The Hall–Kier alpha value is -0.800. The van der Waals surface area contributed by atoms with Crippen LogP contribution in [0.4, 0.5) is 0 Å². The monoisotopic (exact) mass is 245 g/mol. The molecule has 0 aliphatic rings. The molecule has 0 heterocycles. The lowest BCUT2D eigenvalue weighted by molar-refractivity contribution is -0.146. The van der Waals surface area contributed by atoms with Crippen molar-refractivity contribution in [2.24, 2.45) is 4.99 Å². The third kappa shape index (κ3) is 4.37. The van der Waals surface area contributed by atoms with Crippen molar-refractivity contribution >= 4 is 23.8 Å². The summed E-state index contributed by atoms with van der Waals surface area (Å²) < 4.78 is 4.71. The maximum absolute atomic E-state index is 11.7. The Morgan fingerprint density at radius 2 is 2.00 bits per heavy atom. The predicted octanol–water partition coefficient (Wildman–Crippen LogP) is 2.18. The van der Waals surface area contributed by atoms with E-state index in [9.17, 15) is 9.59 Å². The second kappa shape index (κ2) is 6.06. The normalized spacial score (nSPS) is 14.8. The first kappa shape index (κ1) is 15.2. The van der Waals surface area contributed by atoms with Crippen LogP contribution >= 0.6 is 11.8 Å². The van der Waals surface area contributed by atoms with Gasteiger partial charge in [0, 0.05) is 10.5 Å². The van der Waals surface area contributed by atoms with E-state index in [-0.39, 0.29) is 4.75 Å². The molecule has 5 heteroatoms. The van der Waals surface area contributed by atoms with Crippen molar-refractivity contribution in [3.63, 3.8) is 0 Å². The summed E-state index contributed by atoms with van der Waals surface area (Å²) in [6.07, 6.45) is 1.90. The van der Waals surface area contributed by atoms with Crippen LogP contribution in [0.25, 0.3) is 0 Å². The van der Waals surface area contributed by atoms with Crippen LogP contribution in [0.3, 0.4) is 0 Å². The van der Waals surface area contributed by atoms with Gasteiger partial charge >= 0.3 is 5.97 Å². The second-order valence-electron chi connectivity index (χ2n) is 4.48. The number of carbonyl (C=O) groups excluding carboxylic acids is 2. The molecule has 0 aromatic heterocycles. The zero-order valence-electron chi connectivity index (χ0n) is 10.5. The molecule has 0 saturated carbocycles. The molecule has 0 amide bonds. The molecule has 0 bridgehead atoms. The lowest BCUT2D eigenvalue weighted by Crippen LogP contribution is -2.40. The number of isocyanates is 1. The van der Waals surface area contributed by atoms with Crippen molar-refractivity contribution < 1.29 is 14.3 Å². The van der Waals surface area contributed by atoms with E-state index >= 15 is 0 Å². The standard InChI is InChI=1S/C11H19NO3S/c1-6-11(12-8-13,9(14)15-5)7-16-10(2,3)4/h6-7H2,1-5H3/t11-/m1/s1. The number of methoxy groups -OCH3 is 1. The van der Waals surface area contributed by atoms with Crippen LogP contribution in [0.2, 0.25) is 0 Å². The number of nitrogens with zero attached hydrogens (tertiary/aromatic N) is 1. The van der Waals surface area contributed by atoms with Gasteiger partial charge in [0.15, 0.2) is 5.54 Å². The zero-order chi connectivity index (χ0) is 12.8. The fourth-order valence-corrected chi connectivity index (χ4v) is 2.13. The maximum Gasteiger partial charge on any atom is 0.335 e. The highest BCUT2D eigenvalue weighted by Crippen LogP contribution is 2.31. The average Bonchev–Trinajstić information content (AvgIpc) is 2.22. The first-order valence-corrected chi connectivity index (χ1v) is 6.11. The molecule has 0 fully saturated rings. The second-order valence-corrected chi connectivity index (χ2v) is 6.28. The van der Waals surface area contributed by atoms with E-state index in [4.69, 9.17) is 4.74 Å². The smallest absolute Gasteiger partial charge is 0.335 e. The first-order valence-electron chi connectivity index (χ1n) is 5.12. The summed E-state index contributed by atoms with van der Waals surface area (Å²) in [6.45, 7) is 7.93. The van der Waals surface area contributed by atoms with Crippen LogP contribution in [-0.4, -0.2) is 35.2 Å². The lowest BCUT2D eigenvalue weighted by atomic mass is 10.0. The summed E-state index contributed by atoms with van der Waals surface area (Å²) >= 11 is 1.58. The molecular weight excluding hydrogens is 226 g/mol. The van der Waals surface area contributed by atoms with E-state index in [0.29, 0.717) is 12.2 Å². The number of aliphatic imine (C=N–C) groups is 1. The van der Waals surface area contributed by atoms with Gasteiger partial charge in [-0.05, 0) is 6.42 Å². The fourth-order valence-electron chi connectivity index (χ4n) is 1.08. The van der Waals surface area contributed by atoms with E-state index in [0.717, 1.165) is 0 Å². The maximum atomic E-state index is 11.7. The molecule has 0 aliphatic carbocycles. The number of ether oxygens (including phenoxy) is 1. The summed E-state index contributed by atoms with van der Waals surface area (Å²) in [5.74, 6) is -0.0512. The van der Waals surface area contributed by atoms with Crippen LogP contribution in [-0.2, 0) is 14.3 Å². The Labute approximate surface area is 101 Å². The molecule has 0 N–H and O–H groups in total. The summed E-state index contributed by atoms with van der Waals surface area (Å²) in [5, 5.41) is 0. The molecule has 0 radical (unpaired) electrons. The van der Waals surface area contributed by atoms with Gasteiger partial charge in [-0.25, -0.2) is 9.59 Å². The van der Waals surface area contributed by atoms with Crippen molar-refractivity contribution in [2.45, 2.75) is 44.4 Å².